The summed E-state index contributed by atoms with van der Waals surface area (Å²) in [5.74, 6) is 0. The molecule has 136 valence electrons. The molecule has 0 radical (unpaired) electrons. The lowest BCUT2D eigenvalue weighted by Crippen LogP contribution is -3.00. The van der Waals surface area contributed by atoms with E-state index in [1.165, 1.54) is 89.4 Å². The van der Waals surface area contributed by atoms with Gasteiger partial charge in [0.05, 0.1) is 24.6 Å². The fourth-order valence-corrected chi connectivity index (χ4v) is 7.15. The lowest BCUT2D eigenvalue weighted by molar-refractivity contribution is -0.00000489. The van der Waals surface area contributed by atoms with Gasteiger partial charge in [0.25, 0.3) is 0 Å². The Labute approximate surface area is 149 Å². The van der Waals surface area contributed by atoms with Crippen LogP contribution in [0.1, 0.15) is 105 Å². The van der Waals surface area contributed by atoms with Gasteiger partial charge in [0.1, 0.15) is 0 Å². The van der Waals surface area contributed by atoms with Gasteiger partial charge in [0.15, 0.2) is 0 Å². The van der Waals surface area contributed by atoms with Crippen molar-refractivity contribution in [3.63, 3.8) is 0 Å². The van der Waals surface area contributed by atoms with Crippen LogP contribution in [0.4, 0.5) is 0 Å². The zero-order chi connectivity index (χ0) is 15.8. The number of hydrogen-bond acceptors (Lipinski definition) is 0. The lowest BCUT2D eigenvalue weighted by Gasteiger charge is -2.25. The Morgan fingerprint density at radius 3 is 1.09 bits per heavy atom. The molecule has 0 heterocycles. The highest BCUT2D eigenvalue weighted by atomic mass is 35.5. The normalized spacial score (nSPS) is 11.5. The molecule has 0 aromatic rings. The zero-order valence-electron chi connectivity index (χ0n) is 16.1. The van der Waals surface area contributed by atoms with Gasteiger partial charge in [-0.3, -0.25) is 0 Å². The average molecular weight is 351 g/mol. The summed E-state index contributed by atoms with van der Waals surface area (Å²) < 4.78 is 0. The summed E-state index contributed by atoms with van der Waals surface area (Å²) in [6.45, 7) is 9.58. The maximum absolute atomic E-state index is 2.48. The Bertz CT molecular complexity index is 184. The van der Waals surface area contributed by atoms with E-state index in [-0.39, 0.29) is 12.4 Å². The third kappa shape index (κ3) is 13.2. The lowest BCUT2D eigenvalue weighted by atomic mass is 10.1. The summed E-state index contributed by atoms with van der Waals surface area (Å²) in [6, 6.07) is 0. The van der Waals surface area contributed by atoms with Gasteiger partial charge in [0.2, 0.25) is 0 Å². The first-order chi connectivity index (χ1) is 10.2. The van der Waals surface area contributed by atoms with E-state index >= 15 is 0 Å². The maximum Gasteiger partial charge on any atom is 0.0594 e. The predicted molar refractivity (Wildman–Crippen MR) is 104 cm³/mol. The van der Waals surface area contributed by atoms with Crippen molar-refractivity contribution in [2.24, 2.45) is 0 Å². The molecule has 22 heavy (non-hydrogen) atoms. The summed E-state index contributed by atoms with van der Waals surface area (Å²) in [4.78, 5) is 0. The molecule has 0 rings (SSSR count). The largest absolute Gasteiger partial charge is 1.00 e. The maximum atomic E-state index is 2.48. The number of unbranched alkanes of at least 4 members (excludes halogenated alkanes) is 10. The van der Waals surface area contributed by atoms with Crippen LogP contribution in [0, 0.1) is 0 Å². The SMILES string of the molecule is CCCCCCCC[P+](CC)(CC)CCCCCCCC.[Cl-]. The zero-order valence-corrected chi connectivity index (χ0v) is 17.8. The molecule has 0 bridgehead atoms. The van der Waals surface area contributed by atoms with Crippen LogP contribution in [0.5, 0.6) is 0 Å². The van der Waals surface area contributed by atoms with Crippen LogP contribution in [-0.2, 0) is 0 Å². The van der Waals surface area contributed by atoms with E-state index in [4.69, 9.17) is 0 Å². The molecule has 0 atom stereocenters. The van der Waals surface area contributed by atoms with Crippen LogP contribution in [0.2, 0.25) is 0 Å². The van der Waals surface area contributed by atoms with E-state index in [9.17, 15) is 0 Å². The van der Waals surface area contributed by atoms with Crippen LogP contribution >= 0.6 is 7.26 Å². The molecule has 0 N–H and O–H groups in total. The molecule has 0 unspecified atom stereocenters. The number of halogens is 1. The van der Waals surface area contributed by atoms with Gasteiger partial charge in [-0.15, -0.1) is 0 Å². The molecule has 0 aliphatic carbocycles. The fraction of sp³-hybridized carbons (Fsp3) is 1.00. The Balaban J connectivity index is 0. The molecule has 0 amide bonds. The van der Waals surface area contributed by atoms with Crippen molar-refractivity contribution in [1.82, 2.24) is 0 Å². The van der Waals surface area contributed by atoms with Gasteiger partial charge in [0, 0.05) is 7.26 Å². The molecule has 0 aromatic carbocycles. The summed E-state index contributed by atoms with van der Waals surface area (Å²) >= 11 is 0. The first-order valence-electron chi connectivity index (χ1n) is 10.1. The Hall–Kier alpha value is 0.720. The van der Waals surface area contributed by atoms with Crippen molar-refractivity contribution < 1.29 is 12.4 Å². The first-order valence-corrected chi connectivity index (χ1v) is 12.6. The van der Waals surface area contributed by atoms with Crippen molar-refractivity contribution in [1.29, 1.82) is 0 Å². The summed E-state index contributed by atoms with van der Waals surface area (Å²) in [6.07, 6.45) is 23.8. The minimum atomic E-state index is -0.569. The molecule has 0 saturated carbocycles. The second-order valence-electron chi connectivity index (χ2n) is 6.96. The molecule has 2 heteroatoms. The van der Waals surface area contributed by atoms with Crippen LogP contribution in [0.3, 0.4) is 0 Å². The van der Waals surface area contributed by atoms with Crippen molar-refractivity contribution in [3.05, 3.63) is 0 Å². The van der Waals surface area contributed by atoms with Crippen LogP contribution in [0.15, 0.2) is 0 Å². The van der Waals surface area contributed by atoms with E-state index < -0.39 is 7.26 Å². The summed E-state index contributed by atoms with van der Waals surface area (Å²) in [7, 11) is -0.569. The topological polar surface area (TPSA) is 0 Å². The molecule has 0 aliphatic rings. The average Bonchev–Trinajstić information content (AvgIpc) is 2.52. The Morgan fingerprint density at radius 1 is 0.455 bits per heavy atom. The molecule has 0 aromatic heterocycles. The monoisotopic (exact) mass is 350 g/mol. The molecule has 0 spiro atoms. The quantitative estimate of drug-likeness (QED) is 0.278. The van der Waals surface area contributed by atoms with Gasteiger partial charge < -0.3 is 12.4 Å². The van der Waals surface area contributed by atoms with Crippen molar-refractivity contribution in [3.8, 4) is 0 Å². The van der Waals surface area contributed by atoms with E-state index in [0.29, 0.717) is 0 Å². The molecule has 0 aliphatic heterocycles. The smallest absolute Gasteiger partial charge is 0.0594 e. The number of hydrogen-bond donors (Lipinski definition) is 0. The molecular formula is C20H44ClP. The highest BCUT2D eigenvalue weighted by molar-refractivity contribution is 7.75. The van der Waals surface area contributed by atoms with Crippen LogP contribution < -0.4 is 12.4 Å². The minimum Gasteiger partial charge on any atom is -1.00 e. The Morgan fingerprint density at radius 2 is 0.773 bits per heavy atom. The van der Waals surface area contributed by atoms with Gasteiger partial charge in [-0.2, -0.15) is 0 Å². The molecule has 0 fully saturated rings. The van der Waals surface area contributed by atoms with Gasteiger partial charge >= 0.3 is 0 Å². The molecular weight excluding hydrogens is 307 g/mol. The van der Waals surface area contributed by atoms with Gasteiger partial charge in [-0.05, 0) is 39.5 Å². The minimum absolute atomic E-state index is 0. The Kier molecular flexibility index (Phi) is 20.5. The van der Waals surface area contributed by atoms with E-state index in [1.807, 2.05) is 0 Å². The third-order valence-electron chi connectivity index (χ3n) is 5.31. The van der Waals surface area contributed by atoms with Crippen LogP contribution in [-0.4, -0.2) is 24.6 Å². The van der Waals surface area contributed by atoms with Gasteiger partial charge in [-0.1, -0.05) is 65.2 Å². The summed E-state index contributed by atoms with van der Waals surface area (Å²) in [5, 5.41) is 0. The van der Waals surface area contributed by atoms with Crippen molar-refractivity contribution >= 4 is 7.26 Å². The van der Waals surface area contributed by atoms with Crippen molar-refractivity contribution in [2.75, 3.05) is 24.6 Å². The third-order valence-corrected chi connectivity index (χ3v) is 10.5. The van der Waals surface area contributed by atoms with E-state index in [0.717, 1.165) is 0 Å². The van der Waals surface area contributed by atoms with E-state index in [1.54, 1.807) is 12.3 Å². The van der Waals surface area contributed by atoms with Crippen molar-refractivity contribution in [2.45, 2.75) is 105 Å². The second-order valence-corrected chi connectivity index (χ2v) is 11.8. The standard InChI is InChI=1S/C20H44P.ClH/c1-5-9-11-13-15-17-19-21(7-3,8-4)20-18-16-14-12-10-6-2;/h5-20H2,1-4H3;1H/q+1;/p-1. The highest BCUT2D eigenvalue weighted by Crippen LogP contribution is 2.59. The molecule has 0 saturated heterocycles. The highest BCUT2D eigenvalue weighted by Gasteiger charge is 2.31. The first kappa shape index (κ1) is 25.0. The summed E-state index contributed by atoms with van der Waals surface area (Å²) in [5.41, 5.74) is 0. The van der Waals surface area contributed by atoms with Crippen LogP contribution in [0.25, 0.3) is 0 Å². The van der Waals surface area contributed by atoms with E-state index in [2.05, 4.69) is 27.7 Å². The predicted octanol–water partition coefficient (Wildman–Crippen LogP) is 4.77. The fourth-order valence-electron chi connectivity index (χ4n) is 3.42. The van der Waals surface area contributed by atoms with Gasteiger partial charge in [-0.25, -0.2) is 0 Å². The second kappa shape index (κ2) is 18.1. The molecule has 0 nitrogen and oxygen atoms in total. The number of rotatable bonds is 16.